The lowest BCUT2D eigenvalue weighted by molar-refractivity contribution is -0.148. The predicted octanol–water partition coefficient (Wildman–Crippen LogP) is 1.86. The molecule has 0 saturated carbocycles. The van der Waals surface area contributed by atoms with Crippen molar-refractivity contribution in [3.63, 3.8) is 0 Å². The number of carbonyl (C=O) groups is 2. The molecule has 1 unspecified atom stereocenters. The molecule has 1 atom stereocenters. The van der Waals surface area contributed by atoms with Crippen LogP contribution < -0.4 is 5.32 Å². The number of aliphatic hydroxyl groups excluding tert-OH is 1. The lowest BCUT2D eigenvalue weighted by atomic mass is 9.82. The molecule has 8 heteroatoms. The van der Waals surface area contributed by atoms with Gasteiger partial charge in [0, 0.05) is 12.0 Å². The molecule has 0 aliphatic carbocycles. The predicted molar refractivity (Wildman–Crippen MR) is 100 cm³/mol. The van der Waals surface area contributed by atoms with Crippen molar-refractivity contribution < 1.29 is 29.6 Å². The summed E-state index contributed by atoms with van der Waals surface area (Å²) in [5.74, 6) is -1.15. The van der Waals surface area contributed by atoms with Crippen LogP contribution in [0.4, 0.5) is 0 Å². The van der Waals surface area contributed by atoms with Crippen LogP contribution in [0.3, 0.4) is 0 Å². The number of amides is 1. The van der Waals surface area contributed by atoms with Crippen LogP contribution in [0.5, 0.6) is 11.5 Å². The van der Waals surface area contributed by atoms with E-state index in [1.807, 2.05) is 0 Å². The highest BCUT2D eigenvalue weighted by Crippen LogP contribution is 2.35. The summed E-state index contributed by atoms with van der Waals surface area (Å²) in [6.07, 6.45) is 0.690. The highest BCUT2D eigenvalue weighted by atomic mass is 79.9. The van der Waals surface area contributed by atoms with Crippen molar-refractivity contribution in [1.82, 2.24) is 5.32 Å². The van der Waals surface area contributed by atoms with Gasteiger partial charge in [0.2, 0.25) is 5.91 Å². The number of alkyl halides is 1. The van der Waals surface area contributed by atoms with Gasteiger partial charge in [-0.1, -0.05) is 35.8 Å². The molecule has 1 aromatic carbocycles. The first-order valence-corrected chi connectivity index (χ1v) is 9.05. The first-order valence-electron chi connectivity index (χ1n) is 8.26. The standard InChI is InChI=1S/C18H26BrNO6/c1-17(2,11-18(3,19)16(25)26-9-8-21)15(24)20-7-6-12-4-5-13(22)14(23)10-12/h4-5,10,21-23H,6-9,11H2,1-3H3,(H,20,24). The number of benzene rings is 1. The van der Waals surface area contributed by atoms with E-state index >= 15 is 0 Å². The molecule has 4 N–H and O–H groups in total. The number of aromatic hydroxyl groups is 2. The van der Waals surface area contributed by atoms with Crippen LogP contribution in [0.15, 0.2) is 18.2 Å². The summed E-state index contributed by atoms with van der Waals surface area (Å²) in [5, 5.41) is 30.3. The fraction of sp³-hybridized carbons (Fsp3) is 0.556. The van der Waals surface area contributed by atoms with Crippen LogP contribution in [-0.4, -0.2) is 51.3 Å². The van der Waals surface area contributed by atoms with E-state index in [9.17, 15) is 19.8 Å². The second-order valence-electron chi connectivity index (χ2n) is 6.95. The van der Waals surface area contributed by atoms with Gasteiger partial charge in [-0.05, 0) is 37.5 Å². The van der Waals surface area contributed by atoms with Gasteiger partial charge in [0.25, 0.3) is 0 Å². The van der Waals surface area contributed by atoms with Crippen LogP contribution in [-0.2, 0) is 20.7 Å². The maximum atomic E-state index is 12.5. The average molecular weight is 432 g/mol. The Hall–Kier alpha value is -1.80. The van der Waals surface area contributed by atoms with Gasteiger partial charge in [0.1, 0.15) is 10.9 Å². The van der Waals surface area contributed by atoms with E-state index in [-0.39, 0.29) is 37.0 Å². The molecule has 0 spiro atoms. The third-order valence-electron chi connectivity index (χ3n) is 3.88. The van der Waals surface area contributed by atoms with Gasteiger partial charge in [-0.2, -0.15) is 0 Å². The number of carbonyl (C=O) groups excluding carboxylic acids is 2. The first-order chi connectivity index (χ1) is 12.0. The molecule has 0 aliphatic heterocycles. The fourth-order valence-electron chi connectivity index (χ4n) is 2.56. The van der Waals surface area contributed by atoms with Crippen molar-refractivity contribution in [2.24, 2.45) is 5.41 Å². The molecule has 146 valence electrons. The number of rotatable bonds is 9. The Morgan fingerprint density at radius 2 is 1.85 bits per heavy atom. The van der Waals surface area contributed by atoms with Crippen molar-refractivity contribution in [1.29, 1.82) is 0 Å². The monoisotopic (exact) mass is 431 g/mol. The number of hydrogen-bond acceptors (Lipinski definition) is 6. The highest BCUT2D eigenvalue weighted by molar-refractivity contribution is 9.10. The second-order valence-corrected chi connectivity index (χ2v) is 8.70. The number of esters is 1. The third kappa shape index (κ3) is 6.49. The molecule has 26 heavy (non-hydrogen) atoms. The molecule has 1 aromatic rings. The van der Waals surface area contributed by atoms with Gasteiger partial charge < -0.3 is 25.4 Å². The Kier molecular flexibility index (Phi) is 7.89. The number of halogens is 1. The van der Waals surface area contributed by atoms with Crippen LogP contribution in [0.25, 0.3) is 0 Å². The quantitative estimate of drug-likeness (QED) is 0.269. The summed E-state index contributed by atoms with van der Waals surface area (Å²) >= 11 is 3.31. The summed E-state index contributed by atoms with van der Waals surface area (Å²) in [7, 11) is 0. The summed E-state index contributed by atoms with van der Waals surface area (Å²) in [5.41, 5.74) is -0.0653. The summed E-state index contributed by atoms with van der Waals surface area (Å²) in [4.78, 5) is 24.5. The molecule has 0 aromatic heterocycles. The van der Waals surface area contributed by atoms with Gasteiger partial charge in [-0.3, -0.25) is 9.59 Å². The third-order valence-corrected chi connectivity index (χ3v) is 4.48. The average Bonchev–Trinajstić information content (AvgIpc) is 2.54. The minimum Gasteiger partial charge on any atom is -0.504 e. The molecule has 0 aliphatic rings. The van der Waals surface area contributed by atoms with Gasteiger partial charge in [-0.15, -0.1) is 0 Å². The van der Waals surface area contributed by atoms with E-state index < -0.39 is 15.7 Å². The maximum absolute atomic E-state index is 12.5. The topological polar surface area (TPSA) is 116 Å². The van der Waals surface area contributed by atoms with E-state index in [4.69, 9.17) is 9.84 Å². The van der Waals surface area contributed by atoms with Gasteiger partial charge in [0.05, 0.1) is 6.61 Å². The van der Waals surface area contributed by atoms with Crippen molar-refractivity contribution in [2.75, 3.05) is 19.8 Å². The molecular formula is C18H26BrNO6. The van der Waals surface area contributed by atoms with Crippen molar-refractivity contribution in [2.45, 2.75) is 37.9 Å². The summed E-state index contributed by atoms with van der Waals surface area (Å²) in [6, 6.07) is 4.50. The number of ether oxygens (including phenoxy) is 1. The number of phenols is 2. The summed E-state index contributed by atoms with van der Waals surface area (Å²) < 4.78 is 3.88. The zero-order valence-corrected chi connectivity index (χ0v) is 16.8. The Balaban J connectivity index is 2.58. The lowest BCUT2D eigenvalue weighted by Crippen LogP contribution is -2.44. The summed E-state index contributed by atoms with van der Waals surface area (Å²) in [6.45, 7) is 5.08. The van der Waals surface area contributed by atoms with Crippen LogP contribution in [0.1, 0.15) is 32.8 Å². The van der Waals surface area contributed by atoms with E-state index in [0.29, 0.717) is 13.0 Å². The number of aliphatic hydroxyl groups is 1. The lowest BCUT2D eigenvalue weighted by Gasteiger charge is -2.31. The zero-order chi connectivity index (χ0) is 20.0. The van der Waals surface area contributed by atoms with Gasteiger partial charge in [0.15, 0.2) is 11.5 Å². The molecule has 7 nitrogen and oxygen atoms in total. The minimum atomic E-state index is -1.05. The number of hydrogen-bond donors (Lipinski definition) is 4. The molecule has 0 heterocycles. The van der Waals surface area contributed by atoms with Gasteiger partial charge >= 0.3 is 5.97 Å². The Morgan fingerprint density at radius 3 is 2.42 bits per heavy atom. The van der Waals surface area contributed by atoms with Crippen molar-refractivity contribution in [3.8, 4) is 11.5 Å². The maximum Gasteiger partial charge on any atom is 0.322 e. The largest absolute Gasteiger partial charge is 0.504 e. The first kappa shape index (κ1) is 22.2. The SMILES string of the molecule is CC(C)(CC(C)(Br)C(=O)OCCO)C(=O)NCCc1ccc(O)c(O)c1. The Bertz CT molecular complexity index is 645. The van der Waals surface area contributed by atoms with Gasteiger partial charge in [-0.25, -0.2) is 0 Å². The molecule has 0 fully saturated rings. The van der Waals surface area contributed by atoms with Crippen LogP contribution >= 0.6 is 15.9 Å². The number of phenolic OH excluding ortho intramolecular Hbond substituents is 2. The molecule has 0 radical (unpaired) electrons. The second kappa shape index (κ2) is 9.23. The smallest absolute Gasteiger partial charge is 0.322 e. The molecule has 1 amide bonds. The van der Waals surface area contributed by atoms with E-state index in [1.165, 1.54) is 12.1 Å². The van der Waals surface area contributed by atoms with Crippen molar-refractivity contribution in [3.05, 3.63) is 23.8 Å². The Labute approximate surface area is 161 Å². The highest BCUT2D eigenvalue weighted by Gasteiger charge is 2.41. The number of nitrogens with one attached hydrogen (secondary N) is 1. The van der Waals surface area contributed by atoms with Crippen LogP contribution in [0, 0.1) is 5.41 Å². The Morgan fingerprint density at radius 1 is 1.19 bits per heavy atom. The van der Waals surface area contributed by atoms with E-state index in [2.05, 4.69) is 21.2 Å². The normalized spacial score (nSPS) is 13.7. The van der Waals surface area contributed by atoms with E-state index in [1.54, 1.807) is 26.8 Å². The van der Waals surface area contributed by atoms with E-state index in [0.717, 1.165) is 5.56 Å². The minimum absolute atomic E-state index is 0.0911. The molecule has 0 saturated heterocycles. The van der Waals surface area contributed by atoms with Crippen molar-refractivity contribution >= 4 is 27.8 Å². The molecule has 0 bridgehead atoms. The van der Waals surface area contributed by atoms with Crippen LogP contribution in [0.2, 0.25) is 0 Å². The molecule has 1 rings (SSSR count). The fourth-order valence-corrected chi connectivity index (χ4v) is 3.37. The molecular weight excluding hydrogens is 406 g/mol. The zero-order valence-electron chi connectivity index (χ0n) is 15.2.